The van der Waals surface area contributed by atoms with Crippen LogP contribution in [0.25, 0.3) is 0 Å². The molecular weight excluding hydrogens is 262 g/mol. The number of nitrogens with one attached hydrogen (secondary N) is 1. The molecule has 1 aliphatic rings. The standard InChI is InChI=1S/C14H17NO3S/c1-2-6-15-13(16)10-19-9-11-4-3-5-12-14(11)18-8-7-17-12/h2-5H,1,6-10H2,(H,15,16). The van der Waals surface area contributed by atoms with E-state index in [4.69, 9.17) is 9.47 Å². The van der Waals surface area contributed by atoms with Crippen molar-refractivity contribution in [3.05, 3.63) is 36.4 Å². The number of amides is 1. The van der Waals surface area contributed by atoms with Crippen molar-refractivity contribution in [1.29, 1.82) is 0 Å². The zero-order chi connectivity index (χ0) is 13.5. The second kappa shape index (κ2) is 7.09. The second-order valence-corrected chi connectivity index (χ2v) is 5.01. The lowest BCUT2D eigenvalue weighted by Crippen LogP contribution is -2.25. The molecule has 0 fully saturated rings. The lowest BCUT2D eigenvalue weighted by Gasteiger charge is -2.20. The fourth-order valence-electron chi connectivity index (χ4n) is 1.74. The van der Waals surface area contributed by atoms with Crippen LogP contribution >= 0.6 is 11.8 Å². The van der Waals surface area contributed by atoms with Crippen molar-refractivity contribution in [3.63, 3.8) is 0 Å². The van der Waals surface area contributed by atoms with E-state index in [2.05, 4.69) is 11.9 Å². The number of ether oxygens (including phenoxy) is 2. The molecule has 5 heteroatoms. The molecule has 0 bridgehead atoms. The quantitative estimate of drug-likeness (QED) is 0.809. The van der Waals surface area contributed by atoms with E-state index in [-0.39, 0.29) is 5.91 Å². The van der Waals surface area contributed by atoms with E-state index in [1.807, 2.05) is 18.2 Å². The second-order valence-electron chi connectivity index (χ2n) is 4.03. The van der Waals surface area contributed by atoms with Crippen molar-refractivity contribution in [1.82, 2.24) is 5.32 Å². The van der Waals surface area contributed by atoms with Gasteiger partial charge in [0.2, 0.25) is 5.91 Å². The van der Waals surface area contributed by atoms with Crippen LogP contribution in [0.1, 0.15) is 5.56 Å². The van der Waals surface area contributed by atoms with Gasteiger partial charge >= 0.3 is 0 Å². The van der Waals surface area contributed by atoms with Gasteiger partial charge in [-0.3, -0.25) is 4.79 Å². The molecule has 102 valence electrons. The van der Waals surface area contributed by atoms with E-state index in [1.165, 1.54) is 0 Å². The van der Waals surface area contributed by atoms with Crippen LogP contribution in [-0.2, 0) is 10.5 Å². The molecule has 1 heterocycles. The number of para-hydroxylation sites is 1. The number of fused-ring (bicyclic) bond motifs is 1. The molecule has 2 rings (SSSR count). The summed E-state index contributed by atoms with van der Waals surface area (Å²) in [6.07, 6.45) is 1.67. The topological polar surface area (TPSA) is 47.6 Å². The third-order valence-electron chi connectivity index (χ3n) is 2.58. The Balaban J connectivity index is 1.86. The van der Waals surface area contributed by atoms with Gasteiger partial charge in [0.05, 0.1) is 5.75 Å². The molecule has 0 unspecified atom stereocenters. The third-order valence-corrected chi connectivity index (χ3v) is 3.56. The number of hydrogen-bond donors (Lipinski definition) is 1. The Labute approximate surface area is 117 Å². The molecule has 0 radical (unpaired) electrons. The van der Waals surface area contributed by atoms with Gasteiger partial charge in [0.15, 0.2) is 11.5 Å². The maximum atomic E-state index is 11.4. The Morgan fingerprint density at radius 2 is 2.26 bits per heavy atom. The first-order valence-electron chi connectivity index (χ1n) is 6.14. The molecule has 0 saturated heterocycles. The minimum Gasteiger partial charge on any atom is -0.486 e. The van der Waals surface area contributed by atoms with E-state index in [0.717, 1.165) is 22.8 Å². The maximum absolute atomic E-state index is 11.4. The van der Waals surface area contributed by atoms with Crippen LogP contribution in [0.5, 0.6) is 11.5 Å². The number of benzene rings is 1. The molecule has 19 heavy (non-hydrogen) atoms. The van der Waals surface area contributed by atoms with Gasteiger partial charge in [-0.2, -0.15) is 0 Å². The lowest BCUT2D eigenvalue weighted by atomic mass is 10.2. The summed E-state index contributed by atoms with van der Waals surface area (Å²) in [7, 11) is 0. The van der Waals surface area contributed by atoms with Gasteiger partial charge in [0.25, 0.3) is 0 Å². The Hall–Kier alpha value is -1.62. The van der Waals surface area contributed by atoms with Gasteiger partial charge in [-0.1, -0.05) is 18.2 Å². The monoisotopic (exact) mass is 279 g/mol. The molecule has 0 atom stereocenters. The van der Waals surface area contributed by atoms with Crippen LogP contribution < -0.4 is 14.8 Å². The highest BCUT2D eigenvalue weighted by Gasteiger charge is 2.15. The minimum atomic E-state index is 0.0202. The summed E-state index contributed by atoms with van der Waals surface area (Å²) in [6, 6.07) is 5.85. The predicted octanol–water partition coefficient (Wildman–Crippen LogP) is 1.99. The molecule has 1 amide bonds. The van der Waals surface area contributed by atoms with Gasteiger partial charge in [-0.25, -0.2) is 0 Å². The van der Waals surface area contributed by atoms with Crippen LogP contribution in [0, 0.1) is 0 Å². The summed E-state index contributed by atoms with van der Waals surface area (Å²) >= 11 is 1.56. The molecule has 1 aromatic carbocycles. The number of rotatable bonds is 6. The average Bonchev–Trinajstić information content (AvgIpc) is 2.45. The zero-order valence-corrected chi connectivity index (χ0v) is 11.5. The first kappa shape index (κ1) is 13.8. The summed E-state index contributed by atoms with van der Waals surface area (Å²) in [5.41, 5.74) is 1.07. The predicted molar refractivity (Wildman–Crippen MR) is 76.8 cm³/mol. The van der Waals surface area contributed by atoms with Gasteiger partial charge in [0.1, 0.15) is 13.2 Å². The number of hydrogen-bond acceptors (Lipinski definition) is 4. The molecule has 0 aromatic heterocycles. The van der Waals surface area contributed by atoms with Crippen LogP contribution in [0.4, 0.5) is 0 Å². The highest BCUT2D eigenvalue weighted by Crippen LogP contribution is 2.35. The van der Waals surface area contributed by atoms with Gasteiger partial charge in [-0.15, -0.1) is 18.3 Å². The largest absolute Gasteiger partial charge is 0.486 e. The maximum Gasteiger partial charge on any atom is 0.230 e. The number of thioether (sulfide) groups is 1. The van der Waals surface area contributed by atoms with Crippen LogP contribution in [0.2, 0.25) is 0 Å². The van der Waals surface area contributed by atoms with E-state index >= 15 is 0 Å². The molecule has 0 aliphatic carbocycles. The van der Waals surface area contributed by atoms with Crippen molar-refractivity contribution in [2.45, 2.75) is 5.75 Å². The normalized spacial score (nSPS) is 12.8. The minimum absolute atomic E-state index is 0.0202. The van der Waals surface area contributed by atoms with Crippen molar-refractivity contribution < 1.29 is 14.3 Å². The van der Waals surface area contributed by atoms with Gasteiger partial charge in [-0.05, 0) is 6.07 Å². The SMILES string of the molecule is C=CCNC(=O)CSCc1cccc2c1OCCO2. The van der Waals surface area contributed by atoms with Crippen molar-refractivity contribution in [2.24, 2.45) is 0 Å². The smallest absolute Gasteiger partial charge is 0.230 e. The Morgan fingerprint density at radius 3 is 3.11 bits per heavy atom. The van der Waals surface area contributed by atoms with E-state index in [1.54, 1.807) is 17.8 Å². The van der Waals surface area contributed by atoms with E-state index < -0.39 is 0 Å². The lowest BCUT2D eigenvalue weighted by molar-refractivity contribution is -0.118. The van der Waals surface area contributed by atoms with Gasteiger partial charge < -0.3 is 14.8 Å². The molecular formula is C14H17NO3S. The fraction of sp³-hybridized carbons (Fsp3) is 0.357. The first-order chi connectivity index (χ1) is 9.31. The summed E-state index contributed by atoms with van der Waals surface area (Å²) < 4.78 is 11.1. The molecule has 1 N–H and O–H groups in total. The summed E-state index contributed by atoms with van der Waals surface area (Å²) in [6.45, 7) is 5.24. The fourth-order valence-corrected chi connectivity index (χ4v) is 2.58. The summed E-state index contributed by atoms with van der Waals surface area (Å²) in [4.78, 5) is 11.4. The Bertz CT molecular complexity index is 462. The summed E-state index contributed by atoms with van der Waals surface area (Å²) in [5.74, 6) is 2.78. The van der Waals surface area contributed by atoms with Crippen LogP contribution in [-0.4, -0.2) is 31.4 Å². The Kier molecular flexibility index (Phi) is 5.15. The van der Waals surface area contributed by atoms with Crippen LogP contribution in [0.3, 0.4) is 0 Å². The van der Waals surface area contributed by atoms with E-state index in [0.29, 0.717) is 25.5 Å². The van der Waals surface area contributed by atoms with Crippen molar-refractivity contribution in [3.8, 4) is 11.5 Å². The average molecular weight is 279 g/mol. The number of carbonyl (C=O) groups excluding carboxylic acids is 1. The van der Waals surface area contributed by atoms with Crippen LogP contribution in [0.15, 0.2) is 30.9 Å². The highest BCUT2D eigenvalue weighted by molar-refractivity contribution is 7.99. The van der Waals surface area contributed by atoms with Crippen molar-refractivity contribution in [2.75, 3.05) is 25.5 Å². The molecule has 0 spiro atoms. The molecule has 1 aliphatic heterocycles. The molecule has 4 nitrogen and oxygen atoms in total. The number of carbonyl (C=O) groups is 1. The van der Waals surface area contributed by atoms with E-state index in [9.17, 15) is 4.79 Å². The van der Waals surface area contributed by atoms with Gasteiger partial charge in [0, 0.05) is 17.9 Å². The molecule has 1 aromatic rings. The van der Waals surface area contributed by atoms with Crippen molar-refractivity contribution >= 4 is 17.7 Å². The summed E-state index contributed by atoms with van der Waals surface area (Å²) in [5, 5.41) is 2.75. The highest BCUT2D eigenvalue weighted by atomic mass is 32.2. The Morgan fingerprint density at radius 1 is 1.42 bits per heavy atom. The first-order valence-corrected chi connectivity index (χ1v) is 7.29. The molecule has 0 saturated carbocycles. The zero-order valence-electron chi connectivity index (χ0n) is 10.7. The third kappa shape index (κ3) is 3.92.